The van der Waals surface area contributed by atoms with Crippen molar-refractivity contribution in [3.63, 3.8) is 0 Å². The lowest BCUT2D eigenvalue weighted by Crippen LogP contribution is -2.40. The van der Waals surface area contributed by atoms with Crippen LogP contribution in [-0.4, -0.2) is 59.2 Å². The van der Waals surface area contributed by atoms with Gasteiger partial charge in [-0.15, -0.1) is 0 Å². The lowest BCUT2D eigenvalue weighted by Gasteiger charge is -2.26. The average Bonchev–Trinajstić information content (AvgIpc) is 3.45. The molecule has 254 valence electrons. The molecule has 3 N–H and O–H groups in total. The van der Waals surface area contributed by atoms with E-state index in [1.54, 1.807) is 62.6 Å². The van der Waals surface area contributed by atoms with E-state index < -0.39 is 56.0 Å². The van der Waals surface area contributed by atoms with E-state index in [0.29, 0.717) is 11.1 Å². The van der Waals surface area contributed by atoms with Crippen molar-refractivity contribution in [2.24, 2.45) is 0 Å². The molecule has 1 fully saturated rings. The van der Waals surface area contributed by atoms with Gasteiger partial charge in [-0.2, -0.15) is 5.09 Å². The van der Waals surface area contributed by atoms with E-state index >= 15 is 0 Å². The summed E-state index contributed by atoms with van der Waals surface area (Å²) in [6.45, 7) is 1.29. The van der Waals surface area contributed by atoms with Gasteiger partial charge in [-0.3, -0.25) is 23.7 Å². The van der Waals surface area contributed by atoms with Crippen LogP contribution in [0.1, 0.15) is 30.7 Å². The number of fused-ring (bicyclic) bond motifs is 1. The van der Waals surface area contributed by atoms with Crippen molar-refractivity contribution in [2.75, 3.05) is 20.3 Å². The van der Waals surface area contributed by atoms with Gasteiger partial charge in [0.25, 0.3) is 5.56 Å². The summed E-state index contributed by atoms with van der Waals surface area (Å²) in [5.74, 6) is 0.177. The quantitative estimate of drug-likeness (QED) is 0.121. The zero-order valence-corrected chi connectivity index (χ0v) is 28.6. The summed E-state index contributed by atoms with van der Waals surface area (Å²) >= 11 is 3.11. The molecule has 5 rings (SSSR count). The third kappa shape index (κ3) is 8.51. The Morgan fingerprint density at radius 2 is 1.92 bits per heavy atom. The number of hydrogen-bond donors (Lipinski definition) is 3. The second-order valence-corrected chi connectivity index (χ2v) is 13.0. The van der Waals surface area contributed by atoms with Gasteiger partial charge in [-0.25, -0.2) is 9.36 Å². The Labute approximate surface area is 284 Å². The maximum atomic E-state index is 14.6. The third-order valence-corrected chi connectivity index (χ3v) is 9.43. The Morgan fingerprint density at radius 1 is 1.17 bits per heavy atom. The number of esters is 1. The predicted molar refractivity (Wildman–Crippen MR) is 182 cm³/mol. The normalized spacial score (nSPS) is 19.6. The average molecular weight is 745 g/mol. The van der Waals surface area contributed by atoms with Crippen molar-refractivity contribution in [3.8, 4) is 11.5 Å². The molecule has 48 heavy (non-hydrogen) atoms. The summed E-state index contributed by atoms with van der Waals surface area (Å²) in [4.78, 5) is 41.6. The summed E-state index contributed by atoms with van der Waals surface area (Å²) in [5, 5.41) is 15.1. The van der Waals surface area contributed by atoms with Crippen molar-refractivity contribution < 1.29 is 37.7 Å². The first-order valence-electron chi connectivity index (χ1n) is 15.1. The molecule has 1 unspecified atom stereocenters. The molecule has 15 heteroatoms. The molecule has 2 heterocycles. The van der Waals surface area contributed by atoms with E-state index in [0.717, 1.165) is 15.5 Å². The number of nitrogens with zero attached hydrogens (tertiary/aromatic N) is 1. The van der Waals surface area contributed by atoms with Gasteiger partial charge in [0, 0.05) is 18.0 Å². The fourth-order valence-corrected chi connectivity index (χ4v) is 7.02. The monoisotopic (exact) mass is 743 g/mol. The van der Waals surface area contributed by atoms with Gasteiger partial charge in [-0.05, 0) is 53.6 Å². The number of nitrogens with one attached hydrogen (secondary N) is 2. The molecule has 0 spiro atoms. The van der Waals surface area contributed by atoms with Gasteiger partial charge in [0.2, 0.25) is 0 Å². The minimum absolute atomic E-state index is 0.0255. The fourth-order valence-electron chi connectivity index (χ4n) is 5.22. The number of rotatable bonds is 14. The Balaban J connectivity index is 1.42. The van der Waals surface area contributed by atoms with Crippen LogP contribution in [0, 0.1) is 0 Å². The molecule has 3 aromatic carbocycles. The highest BCUT2D eigenvalue weighted by molar-refractivity contribution is 9.11. The van der Waals surface area contributed by atoms with Gasteiger partial charge in [0.1, 0.15) is 29.9 Å². The van der Waals surface area contributed by atoms with Gasteiger partial charge >= 0.3 is 19.4 Å². The number of halogens is 1. The molecule has 0 bridgehead atoms. The number of carbonyl (C=O) groups excluding carboxylic acids is 1. The van der Waals surface area contributed by atoms with Crippen LogP contribution >= 0.6 is 23.7 Å². The molecular formula is C33H35BrN3O10P. The first-order chi connectivity index (χ1) is 23.1. The number of hydrogen-bond acceptors (Lipinski definition) is 10. The van der Waals surface area contributed by atoms with E-state index in [-0.39, 0.29) is 30.8 Å². The van der Waals surface area contributed by atoms with E-state index in [9.17, 15) is 24.1 Å². The zero-order chi connectivity index (χ0) is 34.3. The van der Waals surface area contributed by atoms with Crippen LogP contribution < -0.4 is 25.6 Å². The number of aromatic nitrogens is 2. The Morgan fingerprint density at radius 3 is 2.65 bits per heavy atom. The first-order valence-corrected chi connectivity index (χ1v) is 17.5. The van der Waals surface area contributed by atoms with Gasteiger partial charge in [-0.1, -0.05) is 64.5 Å². The summed E-state index contributed by atoms with van der Waals surface area (Å²) in [6, 6.07) is 18.4. The Hall–Kier alpha value is -4.04. The number of aliphatic hydroxyl groups is 1. The Bertz CT molecular complexity index is 1920. The molecule has 4 aromatic rings. The molecule has 0 amide bonds. The lowest BCUT2D eigenvalue weighted by molar-refractivity contribution is -0.145. The van der Waals surface area contributed by atoms with Crippen molar-refractivity contribution in [1.29, 1.82) is 0 Å². The highest BCUT2D eigenvalue weighted by Crippen LogP contribution is 2.48. The Kier molecular flexibility index (Phi) is 11.7. The summed E-state index contributed by atoms with van der Waals surface area (Å²) in [5.41, 5.74) is -0.416. The molecule has 5 atom stereocenters. The van der Waals surface area contributed by atoms with Crippen LogP contribution in [0.2, 0.25) is 0 Å². The number of benzene rings is 3. The summed E-state index contributed by atoms with van der Waals surface area (Å²) in [7, 11) is -2.89. The molecular weight excluding hydrogens is 709 g/mol. The van der Waals surface area contributed by atoms with E-state index in [2.05, 4.69) is 26.0 Å². The second-order valence-electron chi connectivity index (χ2n) is 10.8. The van der Waals surface area contributed by atoms with Crippen LogP contribution in [0.3, 0.4) is 0 Å². The molecule has 0 radical (unpaired) electrons. The number of methoxy groups -OCH3 is 1. The van der Waals surface area contributed by atoms with Crippen LogP contribution in [-0.2, 0) is 29.8 Å². The van der Waals surface area contributed by atoms with E-state index in [4.69, 9.17) is 23.3 Å². The topological polar surface area (TPSA) is 167 Å². The van der Waals surface area contributed by atoms with Gasteiger partial charge in [0.15, 0.2) is 0 Å². The number of aliphatic hydroxyl groups excluding tert-OH is 1. The fraction of sp³-hybridized carbons (Fsp3) is 0.303. The summed E-state index contributed by atoms with van der Waals surface area (Å²) in [6.07, 6.45) is -0.345. The highest BCUT2D eigenvalue weighted by atomic mass is 79.9. The zero-order valence-electron chi connectivity index (χ0n) is 26.1. The van der Waals surface area contributed by atoms with E-state index in [1.807, 2.05) is 18.2 Å². The van der Waals surface area contributed by atoms with E-state index in [1.165, 1.54) is 17.3 Å². The van der Waals surface area contributed by atoms with Crippen LogP contribution in [0.4, 0.5) is 0 Å². The summed E-state index contributed by atoms with van der Waals surface area (Å²) < 4.78 is 44.3. The highest BCUT2D eigenvalue weighted by Gasteiger charge is 2.40. The van der Waals surface area contributed by atoms with Crippen molar-refractivity contribution in [3.05, 3.63) is 110 Å². The largest absolute Gasteiger partial charge is 0.497 e. The molecule has 1 saturated heterocycles. The standard InChI is InChI=1S/C33H35BrN3O10P/c1-3-44-32(40)26(17-21-11-13-24(43-2)14-12-21)36-48(42,47-28-10-6-8-22-7-4-5-9-25(22)28)45-20-29-27(38)18-30(46-29)37-19-23(15-16-34)31(39)35-33(37)41/h4-16,19,26-27,29-30,38H,3,17-18,20H2,1-2H3,(H,36,42)(H,35,39,41)/b16-15+/t26-,27-,29+,30+,48?/m0/s1. The van der Waals surface area contributed by atoms with Crippen LogP contribution in [0.15, 0.2) is 87.5 Å². The maximum Gasteiger partial charge on any atom is 0.459 e. The molecule has 1 aliphatic heterocycles. The molecule has 1 aromatic heterocycles. The van der Waals surface area contributed by atoms with Crippen LogP contribution in [0.5, 0.6) is 11.5 Å². The molecule has 13 nitrogen and oxygen atoms in total. The SMILES string of the molecule is CCOC(=O)[C@H](Cc1ccc(OC)cc1)NP(=O)(OC[C@H]1O[C@@H](n2cc(/C=C/Br)c(=O)[nH]c2=O)C[C@@H]1O)Oc1cccc2ccccc12. The van der Waals surface area contributed by atoms with Crippen molar-refractivity contribution in [1.82, 2.24) is 14.6 Å². The number of H-pyrrole nitrogens is 1. The first kappa shape index (κ1) is 35.3. The molecule has 0 aliphatic carbocycles. The number of carbonyl (C=O) groups is 1. The lowest BCUT2D eigenvalue weighted by atomic mass is 10.1. The van der Waals surface area contributed by atoms with Crippen molar-refractivity contribution >= 4 is 46.5 Å². The number of ether oxygens (including phenoxy) is 3. The third-order valence-electron chi connectivity index (χ3n) is 7.61. The van der Waals surface area contributed by atoms with Crippen molar-refractivity contribution in [2.45, 2.75) is 44.2 Å². The molecule has 1 aliphatic rings. The maximum absolute atomic E-state index is 14.6. The second kappa shape index (κ2) is 15.9. The number of aromatic amines is 1. The molecule has 0 saturated carbocycles. The minimum atomic E-state index is -4.43. The van der Waals surface area contributed by atoms with Gasteiger partial charge < -0.3 is 23.8 Å². The van der Waals surface area contributed by atoms with Crippen LogP contribution in [0.25, 0.3) is 16.8 Å². The van der Waals surface area contributed by atoms with Gasteiger partial charge in [0.05, 0.1) is 32.0 Å². The minimum Gasteiger partial charge on any atom is -0.497 e. The smallest absolute Gasteiger partial charge is 0.459 e. The predicted octanol–water partition coefficient (Wildman–Crippen LogP) is 4.68.